The zero-order valence-electron chi connectivity index (χ0n) is 11.2. The third-order valence-corrected chi connectivity index (χ3v) is 3.91. The number of hydrogen-bond acceptors (Lipinski definition) is 3. The molecule has 3 nitrogen and oxygen atoms in total. The first-order chi connectivity index (χ1) is 8.16. The Kier molecular flexibility index (Phi) is 4.60. The maximum Gasteiger partial charge on any atom is 0.0770 e. The molecule has 3 atom stereocenters. The highest BCUT2D eigenvalue weighted by Gasteiger charge is 2.31. The van der Waals surface area contributed by atoms with Gasteiger partial charge in [0.2, 0.25) is 0 Å². The Hall–Kier alpha value is -0.380. The third kappa shape index (κ3) is 3.54. The molecular weight excluding hydrogens is 214 g/mol. The van der Waals surface area contributed by atoms with Crippen LogP contribution in [0.2, 0.25) is 0 Å². The van der Waals surface area contributed by atoms with Crippen LogP contribution < -0.4 is 0 Å². The molecule has 2 heterocycles. The Bertz CT molecular complexity index is 261. The monoisotopic (exact) mass is 239 g/mol. The fourth-order valence-electron chi connectivity index (χ4n) is 2.83. The van der Waals surface area contributed by atoms with Crippen LogP contribution in [0.3, 0.4) is 0 Å². The summed E-state index contributed by atoms with van der Waals surface area (Å²) in [5.41, 5.74) is 1.27. The minimum Gasteiger partial charge on any atom is -0.379 e. The minimum absolute atomic E-state index is 0.328. The molecule has 0 aromatic carbocycles. The van der Waals surface area contributed by atoms with Crippen LogP contribution >= 0.6 is 0 Å². The van der Waals surface area contributed by atoms with E-state index in [9.17, 15) is 0 Å². The smallest absolute Gasteiger partial charge is 0.0770 e. The molecule has 2 fully saturated rings. The summed E-state index contributed by atoms with van der Waals surface area (Å²) in [4.78, 5) is 2.46. The van der Waals surface area contributed by atoms with Crippen LogP contribution in [0.4, 0.5) is 0 Å². The van der Waals surface area contributed by atoms with Gasteiger partial charge in [0.1, 0.15) is 0 Å². The summed E-state index contributed by atoms with van der Waals surface area (Å²) < 4.78 is 11.5. The Morgan fingerprint density at radius 1 is 1.29 bits per heavy atom. The molecule has 2 aliphatic rings. The van der Waals surface area contributed by atoms with E-state index in [2.05, 4.69) is 25.3 Å². The largest absolute Gasteiger partial charge is 0.379 e. The van der Waals surface area contributed by atoms with Gasteiger partial charge < -0.3 is 9.47 Å². The highest BCUT2D eigenvalue weighted by molar-refractivity contribution is 5.02. The fourth-order valence-corrected chi connectivity index (χ4v) is 2.83. The molecule has 0 aliphatic carbocycles. The second-order valence-electron chi connectivity index (χ2n) is 5.43. The lowest BCUT2D eigenvalue weighted by Crippen LogP contribution is -2.46. The van der Waals surface area contributed by atoms with E-state index in [0.29, 0.717) is 18.1 Å². The summed E-state index contributed by atoms with van der Waals surface area (Å²) >= 11 is 0. The van der Waals surface area contributed by atoms with Crippen LogP contribution in [0.25, 0.3) is 0 Å². The van der Waals surface area contributed by atoms with Gasteiger partial charge in [-0.3, -0.25) is 4.90 Å². The Labute approximate surface area is 105 Å². The third-order valence-electron chi connectivity index (χ3n) is 3.91. The van der Waals surface area contributed by atoms with Gasteiger partial charge in [0.15, 0.2) is 0 Å². The topological polar surface area (TPSA) is 21.7 Å². The molecule has 0 unspecified atom stereocenters. The van der Waals surface area contributed by atoms with Crippen molar-refractivity contribution >= 4 is 0 Å². The standard InChI is InChI=1S/C14H25NO2/c1-11(2)13-5-4-12(3)17-14(13)10-15-6-8-16-9-7-15/h12-14H,1,4-10H2,2-3H3/t12-,13-,14+/m0/s1. The van der Waals surface area contributed by atoms with Gasteiger partial charge in [-0.15, -0.1) is 0 Å². The van der Waals surface area contributed by atoms with Crippen LogP contribution in [-0.4, -0.2) is 50.0 Å². The number of nitrogens with zero attached hydrogens (tertiary/aromatic N) is 1. The van der Waals surface area contributed by atoms with E-state index in [1.165, 1.54) is 12.0 Å². The summed E-state index contributed by atoms with van der Waals surface area (Å²) in [6.45, 7) is 13.3. The molecule has 0 spiro atoms. The molecule has 2 aliphatic heterocycles. The highest BCUT2D eigenvalue weighted by Crippen LogP contribution is 2.30. The fraction of sp³-hybridized carbons (Fsp3) is 0.857. The van der Waals surface area contributed by atoms with E-state index in [1.807, 2.05) is 0 Å². The zero-order valence-corrected chi connectivity index (χ0v) is 11.2. The molecule has 0 aromatic heterocycles. The van der Waals surface area contributed by atoms with Crippen molar-refractivity contribution in [3.05, 3.63) is 12.2 Å². The van der Waals surface area contributed by atoms with Crippen molar-refractivity contribution in [3.8, 4) is 0 Å². The van der Waals surface area contributed by atoms with Crippen molar-refractivity contribution in [2.24, 2.45) is 5.92 Å². The van der Waals surface area contributed by atoms with Gasteiger partial charge in [-0.1, -0.05) is 12.2 Å². The lowest BCUT2D eigenvalue weighted by atomic mass is 9.86. The maximum absolute atomic E-state index is 6.12. The van der Waals surface area contributed by atoms with Crippen molar-refractivity contribution in [3.63, 3.8) is 0 Å². The van der Waals surface area contributed by atoms with Gasteiger partial charge in [-0.25, -0.2) is 0 Å². The molecule has 0 aromatic rings. The first-order valence-corrected chi connectivity index (χ1v) is 6.78. The number of morpholine rings is 1. The van der Waals surface area contributed by atoms with E-state index in [4.69, 9.17) is 9.47 Å². The lowest BCUT2D eigenvalue weighted by Gasteiger charge is -2.39. The first-order valence-electron chi connectivity index (χ1n) is 6.78. The minimum atomic E-state index is 0.328. The van der Waals surface area contributed by atoms with Gasteiger partial charge in [-0.05, 0) is 26.7 Å². The molecule has 0 N–H and O–H groups in total. The first kappa shape index (κ1) is 13.1. The molecular formula is C14H25NO2. The van der Waals surface area contributed by atoms with Crippen LogP contribution in [-0.2, 0) is 9.47 Å². The Morgan fingerprint density at radius 2 is 2.00 bits per heavy atom. The molecule has 2 rings (SSSR count). The molecule has 0 bridgehead atoms. The average Bonchev–Trinajstić information content (AvgIpc) is 2.30. The number of rotatable bonds is 3. The maximum atomic E-state index is 6.12. The number of ether oxygens (including phenoxy) is 2. The summed E-state index contributed by atoms with van der Waals surface area (Å²) in [7, 11) is 0. The molecule has 98 valence electrons. The van der Waals surface area contributed by atoms with E-state index in [0.717, 1.165) is 39.3 Å². The van der Waals surface area contributed by atoms with Crippen molar-refractivity contribution in [1.82, 2.24) is 4.90 Å². The van der Waals surface area contributed by atoms with Crippen molar-refractivity contribution in [1.29, 1.82) is 0 Å². The normalized spacial score (nSPS) is 35.8. The van der Waals surface area contributed by atoms with E-state index < -0.39 is 0 Å². The predicted molar refractivity (Wildman–Crippen MR) is 69.1 cm³/mol. The van der Waals surface area contributed by atoms with Crippen LogP contribution in [0.15, 0.2) is 12.2 Å². The van der Waals surface area contributed by atoms with Gasteiger partial charge in [0.25, 0.3) is 0 Å². The highest BCUT2D eigenvalue weighted by atomic mass is 16.5. The predicted octanol–water partition coefficient (Wildman–Crippen LogP) is 2.08. The van der Waals surface area contributed by atoms with E-state index >= 15 is 0 Å². The molecule has 0 amide bonds. The van der Waals surface area contributed by atoms with Crippen LogP contribution in [0.1, 0.15) is 26.7 Å². The second-order valence-corrected chi connectivity index (χ2v) is 5.43. The molecule has 3 heteroatoms. The van der Waals surface area contributed by atoms with Crippen molar-refractivity contribution < 1.29 is 9.47 Å². The summed E-state index contributed by atoms with van der Waals surface area (Å²) in [5, 5.41) is 0. The van der Waals surface area contributed by atoms with Crippen molar-refractivity contribution in [2.45, 2.75) is 38.9 Å². The SMILES string of the molecule is C=C(C)[C@@H]1CC[C@H](C)O[C@@H]1CN1CCOCC1. The van der Waals surface area contributed by atoms with Crippen LogP contribution in [0.5, 0.6) is 0 Å². The Morgan fingerprint density at radius 3 is 2.65 bits per heavy atom. The molecule has 17 heavy (non-hydrogen) atoms. The van der Waals surface area contributed by atoms with Gasteiger partial charge >= 0.3 is 0 Å². The van der Waals surface area contributed by atoms with E-state index in [1.54, 1.807) is 0 Å². The van der Waals surface area contributed by atoms with Gasteiger partial charge in [0.05, 0.1) is 25.4 Å². The zero-order chi connectivity index (χ0) is 12.3. The molecule has 0 radical (unpaired) electrons. The summed E-state index contributed by atoms with van der Waals surface area (Å²) in [6, 6.07) is 0. The molecule has 0 saturated carbocycles. The average molecular weight is 239 g/mol. The number of hydrogen-bond donors (Lipinski definition) is 0. The van der Waals surface area contributed by atoms with Gasteiger partial charge in [0, 0.05) is 25.6 Å². The molecule has 2 saturated heterocycles. The van der Waals surface area contributed by atoms with E-state index in [-0.39, 0.29) is 0 Å². The lowest BCUT2D eigenvalue weighted by molar-refractivity contribution is -0.0869. The van der Waals surface area contributed by atoms with Crippen LogP contribution in [0, 0.1) is 5.92 Å². The summed E-state index contributed by atoms with van der Waals surface area (Å²) in [5.74, 6) is 0.536. The van der Waals surface area contributed by atoms with Gasteiger partial charge in [-0.2, -0.15) is 0 Å². The Balaban J connectivity index is 1.92. The van der Waals surface area contributed by atoms with Crippen molar-refractivity contribution in [2.75, 3.05) is 32.8 Å². The summed E-state index contributed by atoms with van der Waals surface area (Å²) in [6.07, 6.45) is 3.12. The quantitative estimate of drug-likeness (QED) is 0.704. The second kappa shape index (κ2) is 5.98.